The average Bonchev–Trinajstić information content (AvgIpc) is 2.70. The van der Waals surface area contributed by atoms with Gasteiger partial charge in [-0.25, -0.2) is 0 Å². The zero-order chi connectivity index (χ0) is 19.6. The Labute approximate surface area is 171 Å². The van der Waals surface area contributed by atoms with Gasteiger partial charge in [0.25, 0.3) is 0 Å². The second-order valence-electron chi connectivity index (χ2n) is 7.38. The summed E-state index contributed by atoms with van der Waals surface area (Å²) in [5, 5.41) is 18.0. The lowest BCUT2D eigenvalue weighted by Gasteiger charge is -2.04. The minimum Gasteiger partial charge on any atom is -0.192 e. The van der Waals surface area contributed by atoms with Crippen LogP contribution in [0, 0.1) is 22.7 Å². The van der Waals surface area contributed by atoms with E-state index in [1.807, 2.05) is 12.1 Å². The normalized spacial score (nSPS) is 10.5. The zero-order valence-electron chi connectivity index (χ0n) is 17.1. The number of rotatable bonds is 16. The van der Waals surface area contributed by atoms with Gasteiger partial charge in [-0.05, 0) is 30.4 Å². The van der Waals surface area contributed by atoms with Crippen LogP contribution in [-0.4, -0.2) is 5.75 Å². The standard InChI is InChI=1S/C24H36N2S/c1-2-3-4-5-6-7-8-9-10-11-12-13-14-15-18-27-24-17-16-22(20-25)23(19-24)21-26/h16-17,19H,2-15,18H2,1H3. The molecule has 0 spiro atoms. The molecule has 0 N–H and O–H groups in total. The van der Waals surface area contributed by atoms with Crippen LogP contribution in [0.2, 0.25) is 0 Å². The SMILES string of the molecule is CCCCCCCCCCCCCCCCSc1ccc(C#N)c(C#N)c1. The largest absolute Gasteiger partial charge is 0.192 e. The van der Waals surface area contributed by atoms with Crippen LogP contribution < -0.4 is 0 Å². The maximum atomic E-state index is 9.07. The molecule has 0 saturated heterocycles. The molecule has 2 nitrogen and oxygen atoms in total. The minimum atomic E-state index is 0.471. The lowest BCUT2D eigenvalue weighted by molar-refractivity contribution is 0.538. The highest BCUT2D eigenvalue weighted by molar-refractivity contribution is 7.99. The second-order valence-corrected chi connectivity index (χ2v) is 8.54. The van der Waals surface area contributed by atoms with Crippen molar-refractivity contribution in [1.29, 1.82) is 10.5 Å². The smallest absolute Gasteiger partial charge is 0.101 e. The van der Waals surface area contributed by atoms with E-state index < -0.39 is 0 Å². The van der Waals surface area contributed by atoms with Crippen molar-refractivity contribution in [2.24, 2.45) is 0 Å². The quantitative estimate of drug-likeness (QED) is 0.214. The average molecular weight is 385 g/mol. The Balaban J connectivity index is 1.91. The van der Waals surface area contributed by atoms with E-state index in [-0.39, 0.29) is 0 Å². The highest BCUT2D eigenvalue weighted by Crippen LogP contribution is 2.23. The Kier molecular flexibility index (Phi) is 14.6. The van der Waals surface area contributed by atoms with Gasteiger partial charge in [0.2, 0.25) is 0 Å². The number of thioether (sulfide) groups is 1. The van der Waals surface area contributed by atoms with Gasteiger partial charge in [0, 0.05) is 4.90 Å². The van der Waals surface area contributed by atoms with Gasteiger partial charge in [0.15, 0.2) is 0 Å². The van der Waals surface area contributed by atoms with Crippen LogP contribution in [0.15, 0.2) is 23.1 Å². The molecule has 0 bridgehead atoms. The van der Waals surface area contributed by atoms with Crippen molar-refractivity contribution in [2.75, 3.05) is 5.75 Å². The summed E-state index contributed by atoms with van der Waals surface area (Å²) in [7, 11) is 0. The summed E-state index contributed by atoms with van der Waals surface area (Å²) in [5.74, 6) is 1.09. The highest BCUT2D eigenvalue weighted by atomic mass is 32.2. The van der Waals surface area contributed by atoms with E-state index in [0.717, 1.165) is 10.6 Å². The molecule has 27 heavy (non-hydrogen) atoms. The Bertz CT molecular complexity index is 583. The van der Waals surface area contributed by atoms with Crippen molar-refractivity contribution in [3.8, 4) is 12.1 Å². The molecule has 0 aliphatic rings. The summed E-state index contributed by atoms with van der Waals surface area (Å²) in [5.41, 5.74) is 0.960. The Morgan fingerprint density at radius 2 is 1.15 bits per heavy atom. The van der Waals surface area contributed by atoms with Gasteiger partial charge in [-0.1, -0.05) is 90.4 Å². The number of hydrogen-bond donors (Lipinski definition) is 0. The van der Waals surface area contributed by atoms with Crippen molar-refractivity contribution in [3.63, 3.8) is 0 Å². The third-order valence-corrected chi connectivity index (χ3v) is 6.08. The Hall–Kier alpha value is -1.45. The van der Waals surface area contributed by atoms with Crippen molar-refractivity contribution in [1.82, 2.24) is 0 Å². The summed E-state index contributed by atoms with van der Waals surface area (Å²) in [6.45, 7) is 2.28. The van der Waals surface area contributed by atoms with E-state index in [9.17, 15) is 0 Å². The Morgan fingerprint density at radius 3 is 1.63 bits per heavy atom. The number of unbranched alkanes of at least 4 members (excludes halogenated alkanes) is 13. The molecule has 3 heteroatoms. The van der Waals surface area contributed by atoms with E-state index in [4.69, 9.17) is 10.5 Å². The minimum absolute atomic E-state index is 0.471. The number of benzene rings is 1. The second kappa shape index (κ2) is 16.7. The van der Waals surface area contributed by atoms with E-state index in [1.54, 1.807) is 17.8 Å². The van der Waals surface area contributed by atoms with Crippen molar-refractivity contribution < 1.29 is 0 Å². The molecule has 0 amide bonds. The summed E-state index contributed by atoms with van der Waals surface area (Å²) < 4.78 is 0. The van der Waals surface area contributed by atoms with E-state index in [0.29, 0.717) is 11.1 Å². The maximum absolute atomic E-state index is 9.07. The lowest BCUT2D eigenvalue weighted by atomic mass is 10.0. The van der Waals surface area contributed by atoms with Gasteiger partial charge >= 0.3 is 0 Å². The number of hydrogen-bond acceptors (Lipinski definition) is 3. The molecule has 0 aliphatic carbocycles. The summed E-state index contributed by atoms with van der Waals surface area (Å²) in [4.78, 5) is 1.10. The first-order chi connectivity index (χ1) is 13.3. The summed E-state index contributed by atoms with van der Waals surface area (Å²) >= 11 is 1.79. The van der Waals surface area contributed by atoms with Crippen LogP contribution in [0.1, 0.15) is 108 Å². The molecule has 0 atom stereocenters. The monoisotopic (exact) mass is 384 g/mol. The third-order valence-electron chi connectivity index (χ3n) is 5.00. The first kappa shape index (κ1) is 23.6. The first-order valence-corrected chi connectivity index (χ1v) is 11.9. The lowest BCUT2D eigenvalue weighted by Crippen LogP contribution is -1.87. The van der Waals surface area contributed by atoms with Crippen LogP contribution in [0.3, 0.4) is 0 Å². The van der Waals surface area contributed by atoms with Crippen LogP contribution in [0.4, 0.5) is 0 Å². The zero-order valence-corrected chi connectivity index (χ0v) is 18.0. The van der Waals surface area contributed by atoms with Crippen molar-refractivity contribution >= 4 is 11.8 Å². The number of nitriles is 2. The van der Waals surface area contributed by atoms with Gasteiger partial charge in [-0.3, -0.25) is 0 Å². The maximum Gasteiger partial charge on any atom is 0.101 e. The fourth-order valence-electron chi connectivity index (χ4n) is 3.29. The molecule has 0 radical (unpaired) electrons. The summed E-state index contributed by atoms with van der Waals surface area (Å²) in [6.07, 6.45) is 19.4. The van der Waals surface area contributed by atoms with Crippen LogP contribution in [0.5, 0.6) is 0 Å². The van der Waals surface area contributed by atoms with Crippen molar-refractivity contribution in [3.05, 3.63) is 29.3 Å². The fourth-order valence-corrected chi connectivity index (χ4v) is 4.24. The molecule has 0 heterocycles. The van der Waals surface area contributed by atoms with E-state index in [1.165, 1.54) is 89.9 Å². The molecular formula is C24H36N2S. The Morgan fingerprint density at radius 1 is 0.667 bits per heavy atom. The molecule has 0 saturated carbocycles. The molecule has 0 unspecified atom stereocenters. The fraction of sp³-hybridized carbons (Fsp3) is 0.667. The highest BCUT2D eigenvalue weighted by Gasteiger charge is 2.03. The third kappa shape index (κ3) is 11.8. The van der Waals surface area contributed by atoms with Crippen LogP contribution >= 0.6 is 11.8 Å². The van der Waals surface area contributed by atoms with Crippen molar-refractivity contribution in [2.45, 2.75) is 102 Å². The van der Waals surface area contributed by atoms with E-state index >= 15 is 0 Å². The van der Waals surface area contributed by atoms with Crippen LogP contribution in [0.25, 0.3) is 0 Å². The van der Waals surface area contributed by atoms with Gasteiger partial charge < -0.3 is 0 Å². The first-order valence-electron chi connectivity index (χ1n) is 10.9. The number of nitrogens with zero attached hydrogens (tertiary/aromatic N) is 2. The van der Waals surface area contributed by atoms with E-state index in [2.05, 4.69) is 19.1 Å². The van der Waals surface area contributed by atoms with Gasteiger partial charge in [-0.2, -0.15) is 10.5 Å². The molecule has 1 aromatic carbocycles. The van der Waals surface area contributed by atoms with Gasteiger partial charge in [0.1, 0.15) is 12.1 Å². The molecular weight excluding hydrogens is 348 g/mol. The molecule has 0 aliphatic heterocycles. The predicted molar refractivity (Wildman–Crippen MR) is 117 cm³/mol. The molecule has 148 valence electrons. The van der Waals surface area contributed by atoms with Gasteiger partial charge in [0.05, 0.1) is 11.1 Å². The van der Waals surface area contributed by atoms with Crippen LogP contribution in [-0.2, 0) is 0 Å². The van der Waals surface area contributed by atoms with Gasteiger partial charge in [-0.15, -0.1) is 11.8 Å². The summed E-state index contributed by atoms with van der Waals surface area (Å²) in [6, 6.07) is 9.72. The molecule has 1 rings (SSSR count). The molecule has 0 aromatic heterocycles. The predicted octanol–water partition coefficient (Wildman–Crippen LogP) is 8.00. The topological polar surface area (TPSA) is 47.6 Å². The molecule has 0 fully saturated rings. The molecule has 1 aromatic rings.